The van der Waals surface area contributed by atoms with Gasteiger partial charge in [0.2, 0.25) is 0 Å². The highest BCUT2D eigenvalue weighted by Gasteiger charge is 2.29. The van der Waals surface area contributed by atoms with Gasteiger partial charge in [0, 0.05) is 10.9 Å². The third-order valence-corrected chi connectivity index (χ3v) is 7.25. The van der Waals surface area contributed by atoms with Crippen molar-refractivity contribution in [1.29, 1.82) is 0 Å². The molecule has 0 unspecified atom stereocenters. The average Bonchev–Trinajstić information content (AvgIpc) is 2.90. The molecule has 39 heavy (non-hydrogen) atoms. The summed E-state index contributed by atoms with van der Waals surface area (Å²) in [6.07, 6.45) is 1.83. The molecule has 0 spiro atoms. The fourth-order valence-electron chi connectivity index (χ4n) is 4.94. The van der Waals surface area contributed by atoms with E-state index in [0.29, 0.717) is 53.1 Å². The van der Waals surface area contributed by atoms with Crippen LogP contribution in [-0.4, -0.2) is 0 Å². The molecule has 0 bridgehead atoms. The summed E-state index contributed by atoms with van der Waals surface area (Å²) in [5, 5.41) is 1.13. The highest BCUT2D eigenvalue weighted by molar-refractivity contribution is 5.84. The van der Waals surface area contributed by atoms with Gasteiger partial charge in [-0.2, -0.15) is 13.2 Å². The SMILES string of the molecule is CCCCCCc1cc(F)c(CCc2ccc3c(F)c(CCc4ccc(C(F)(F)F)cc4)ccc3c2)c(F)c1. The molecule has 0 fully saturated rings. The van der Waals surface area contributed by atoms with Crippen LogP contribution in [0.3, 0.4) is 0 Å². The van der Waals surface area contributed by atoms with Crippen LogP contribution in [-0.2, 0) is 38.3 Å². The van der Waals surface area contributed by atoms with Crippen LogP contribution in [0, 0.1) is 17.5 Å². The summed E-state index contributed by atoms with van der Waals surface area (Å²) >= 11 is 0. The number of alkyl halides is 3. The predicted molar refractivity (Wildman–Crippen MR) is 144 cm³/mol. The van der Waals surface area contributed by atoms with Crippen molar-refractivity contribution in [3.05, 3.63) is 118 Å². The van der Waals surface area contributed by atoms with E-state index in [4.69, 9.17) is 0 Å². The molecule has 0 atom stereocenters. The molecule has 4 aromatic carbocycles. The summed E-state index contributed by atoms with van der Waals surface area (Å²) in [5.74, 6) is -1.41. The maximum absolute atomic E-state index is 15.2. The van der Waals surface area contributed by atoms with E-state index in [1.54, 1.807) is 24.3 Å². The minimum atomic E-state index is -4.39. The largest absolute Gasteiger partial charge is 0.416 e. The number of benzene rings is 4. The first kappa shape index (κ1) is 28.7. The van der Waals surface area contributed by atoms with Crippen molar-refractivity contribution in [3.63, 3.8) is 0 Å². The lowest BCUT2D eigenvalue weighted by Gasteiger charge is -2.11. The Morgan fingerprint density at radius 2 is 1.26 bits per heavy atom. The third kappa shape index (κ3) is 7.43. The van der Waals surface area contributed by atoms with E-state index in [-0.39, 0.29) is 17.8 Å². The topological polar surface area (TPSA) is 0 Å². The highest BCUT2D eigenvalue weighted by Crippen LogP contribution is 2.30. The summed E-state index contributed by atoms with van der Waals surface area (Å²) in [7, 11) is 0. The molecule has 6 heteroatoms. The monoisotopic (exact) mass is 542 g/mol. The molecule has 0 radical (unpaired) electrons. The maximum atomic E-state index is 15.2. The standard InChI is InChI=1S/C33H32F6/c1-2-3-4-5-6-24-20-30(34)29(31(35)21-24)18-11-23-10-17-28-26(19-23)14-13-25(32(28)36)12-7-22-8-15-27(16-9-22)33(37,38)39/h8-10,13-17,19-21H,2-7,11-12,18H2,1H3. The Morgan fingerprint density at radius 3 is 1.92 bits per heavy atom. The van der Waals surface area contributed by atoms with Gasteiger partial charge < -0.3 is 0 Å². The lowest BCUT2D eigenvalue weighted by Crippen LogP contribution is -2.04. The fraction of sp³-hybridized carbons (Fsp3) is 0.333. The summed E-state index contributed by atoms with van der Waals surface area (Å²) in [5.41, 5.74) is 2.06. The van der Waals surface area contributed by atoms with Crippen LogP contribution < -0.4 is 0 Å². The number of aryl methyl sites for hydroxylation is 4. The number of hydrogen-bond donors (Lipinski definition) is 0. The van der Waals surface area contributed by atoms with Crippen LogP contribution in [0.25, 0.3) is 10.8 Å². The molecule has 0 amide bonds. The maximum Gasteiger partial charge on any atom is 0.416 e. The molecule has 4 rings (SSSR count). The lowest BCUT2D eigenvalue weighted by atomic mass is 9.96. The predicted octanol–water partition coefficient (Wildman–Crippen LogP) is 9.97. The van der Waals surface area contributed by atoms with Gasteiger partial charge in [0.15, 0.2) is 0 Å². The smallest absolute Gasteiger partial charge is 0.207 e. The first-order chi connectivity index (χ1) is 18.7. The highest BCUT2D eigenvalue weighted by atomic mass is 19.4. The number of halogens is 6. The van der Waals surface area contributed by atoms with Gasteiger partial charge in [-0.05, 0) is 90.4 Å². The van der Waals surface area contributed by atoms with Gasteiger partial charge in [0.1, 0.15) is 17.5 Å². The van der Waals surface area contributed by atoms with Crippen molar-refractivity contribution >= 4 is 10.8 Å². The van der Waals surface area contributed by atoms with E-state index < -0.39 is 23.4 Å². The summed E-state index contributed by atoms with van der Waals surface area (Å²) in [6.45, 7) is 2.12. The zero-order chi connectivity index (χ0) is 28.0. The third-order valence-electron chi connectivity index (χ3n) is 7.25. The molecule has 0 aliphatic heterocycles. The molecule has 0 aromatic heterocycles. The number of fused-ring (bicyclic) bond motifs is 1. The number of unbranched alkanes of at least 4 members (excludes halogenated alkanes) is 3. The average molecular weight is 543 g/mol. The van der Waals surface area contributed by atoms with E-state index in [0.717, 1.165) is 43.4 Å². The van der Waals surface area contributed by atoms with Crippen molar-refractivity contribution in [1.82, 2.24) is 0 Å². The summed E-state index contributed by atoms with van der Waals surface area (Å²) < 4.78 is 82.8. The molecule has 0 aliphatic rings. The first-order valence-corrected chi connectivity index (χ1v) is 13.5. The van der Waals surface area contributed by atoms with Crippen LogP contribution in [0.5, 0.6) is 0 Å². The second-order valence-corrected chi connectivity index (χ2v) is 10.1. The van der Waals surface area contributed by atoms with E-state index in [9.17, 15) is 22.0 Å². The van der Waals surface area contributed by atoms with Crippen molar-refractivity contribution < 1.29 is 26.3 Å². The number of rotatable bonds is 11. The Bertz CT molecular complexity index is 1380. The molecular weight excluding hydrogens is 510 g/mol. The van der Waals surface area contributed by atoms with Crippen LogP contribution in [0.15, 0.2) is 66.7 Å². The Kier molecular flexibility index (Phi) is 9.36. The Labute approximate surface area is 225 Å². The van der Waals surface area contributed by atoms with Crippen molar-refractivity contribution in [2.45, 2.75) is 70.9 Å². The second kappa shape index (κ2) is 12.7. The normalized spacial score (nSPS) is 11.9. The Hall–Kier alpha value is -3.28. The molecular formula is C33H32F6. The van der Waals surface area contributed by atoms with Gasteiger partial charge in [-0.15, -0.1) is 0 Å². The molecule has 206 valence electrons. The second-order valence-electron chi connectivity index (χ2n) is 10.1. The van der Waals surface area contributed by atoms with Crippen LogP contribution in [0.1, 0.15) is 66.0 Å². The minimum absolute atomic E-state index is 0.0669. The van der Waals surface area contributed by atoms with E-state index in [1.165, 1.54) is 24.3 Å². The van der Waals surface area contributed by atoms with Crippen LogP contribution in [0.4, 0.5) is 26.3 Å². The molecule has 0 saturated carbocycles. The van der Waals surface area contributed by atoms with Crippen molar-refractivity contribution in [3.8, 4) is 0 Å². The first-order valence-electron chi connectivity index (χ1n) is 13.5. The van der Waals surface area contributed by atoms with Crippen LogP contribution in [0.2, 0.25) is 0 Å². The molecule has 0 N–H and O–H groups in total. The van der Waals surface area contributed by atoms with Gasteiger partial charge in [0.05, 0.1) is 5.56 Å². The molecule has 4 aromatic rings. The lowest BCUT2D eigenvalue weighted by molar-refractivity contribution is -0.137. The molecule has 0 nitrogen and oxygen atoms in total. The van der Waals surface area contributed by atoms with Crippen molar-refractivity contribution in [2.24, 2.45) is 0 Å². The minimum Gasteiger partial charge on any atom is -0.207 e. The van der Waals surface area contributed by atoms with Crippen LogP contribution >= 0.6 is 0 Å². The fourth-order valence-corrected chi connectivity index (χ4v) is 4.94. The van der Waals surface area contributed by atoms with Gasteiger partial charge in [-0.1, -0.05) is 68.7 Å². The molecule has 0 saturated heterocycles. The van der Waals surface area contributed by atoms with Gasteiger partial charge >= 0.3 is 6.18 Å². The van der Waals surface area contributed by atoms with Gasteiger partial charge in [0.25, 0.3) is 0 Å². The molecule has 0 aliphatic carbocycles. The summed E-state index contributed by atoms with van der Waals surface area (Å²) in [6, 6.07) is 16.5. The zero-order valence-electron chi connectivity index (χ0n) is 22.0. The van der Waals surface area contributed by atoms with E-state index in [2.05, 4.69) is 6.92 Å². The Balaban J connectivity index is 1.40. The summed E-state index contributed by atoms with van der Waals surface area (Å²) in [4.78, 5) is 0. The zero-order valence-corrected chi connectivity index (χ0v) is 22.0. The van der Waals surface area contributed by atoms with Gasteiger partial charge in [-0.3, -0.25) is 0 Å². The molecule has 0 heterocycles. The quantitative estimate of drug-likeness (QED) is 0.131. The van der Waals surface area contributed by atoms with Gasteiger partial charge in [-0.25, -0.2) is 13.2 Å². The van der Waals surface area contributed by atoms with Crippen molar-refractivity contribution in [2.75, 3.05) is 0 Å². The van der Waals surface area contributed by atoms with E-state index in [1.807, 2.05) is 6.07 Å². The van der Waals surface area contributed by atoms with E-state index >= 15 is 4.39 Å². The Morgan fingerprint density at radius 1 is 0.590 bits per heavy atom. The number of hydrogen-bond acceptors (Lipinski definition) is 0.